The van der Waals surface area contributed by atoms with Crippen molar-refractivity contribution in [2.24, 2.45) is 5.92 Å². The molecule has 0 amide bonds. The van der Waals surface area contributed by atoms with E-state index >= 15 is 0 Å². The maximum absolute atomic E-state index is 11.9. The van der Waals surface area contributed by atoms with Crippen LogP contribution < -0.4 is 0 Å². The number of Topliss-reactive ketones (excluding diaryl/α,β-unsaturated/α-hetero) is 2. The summed E-state index contributed by atoms with van der Waals surface area (Å²) in [5, 5.41) is 0. The van der Waals surface area contributed by atoms with Crippen LogP contribution in [0.1, 0.15) is 58.8 Å². The fourth-order valence-electron chi connectivity index (χ4n) is 2.93. The van der Waals surface area contributed by atoms with Crippen molar-refractivity contribution in [2.75, 3.05) is 0 Å². The first-order valence-electron chi connectivity index (χ1n) is 7.07. The van der Waals surface area contributed by atoms with Crippen molar-refractivity contribution in [1.29, 1.82) is 0 Å². The molecule has 2 rings (SSSR count). The number of hydrogen-bond donors (Lipinski definition) is 0. The zero-order valence-electron chi connectivity index (χ0n) is 11.4. The Morgan fingerprint density at radius 1 is 1.22 bits per heavy atom. The van der Waals surface area contributed by atoms with Crippen LogP contribution in [0.5, 0.6) is 0 Å². The van der Waals surface area contributed by atoms with E-state index < -0.39 is 0 Å². The Balaban J connectivity index is 2.28. The molecule has 0 fully saturated rings. The van der Waals surface area contributed by atoms with Gasteiger partial charge in [0, 0.05) is 19.3 Å². The van der Waals surface area contributed by atoms with E-state index in [1.165, 1.54) is 18.4 Å². The fraction of sp³-hybridized carbons (Fsp3) is 0.625. The lowest BCUT2D eigenvalue weighted by molar-refractivity contribution is -0.120. The highest BCUT2D eigenvalue weighted by Gasteiger charge is 2.31. The third kappa shape index (κ3) is 2.80. The number of allylic oxidation sites excluding steroid dienone is 4. The summed E-state index contributed by atoms with van der Waals surface area (Å²) in [7, 11) is 0. The molecule has 0 aromatic carbocycles. The van der Waals surface area contributed by atoms with Crippen LogP contribution in [0.15, 0.2) is 22.8 Å². The minimum absolute atomic E-state index is 0.168. The van der Waals surface area contributed by atoms with E-state index in [0.717, 1.165) is 24.0 Å². The van der Waals surface area contributed by atoms with E-state index in [9.17, 15) is 9.59 Å². The Hall–Kier alpha value is -1.18. The summed E-state index contributed by atoms with van der Waals surface area (Å²) in [5.74, 6) is 0.722. The van der Waals surface area contributed by atoms with E-state index in [0.29, 0.717) is 25.0 Å². The predicted molar refractivity (Wildman–Crippen MR) is 72.3 cm³/mol. The van der Waals surface area contributed by atoms with Crippen molar-refractivity contribution in [2.45, 2.75) is 58.8 Å². The lowest BCUT2D eigenvalue weighted by Crippen LogP contribution is -2.11. The zero-order valence-corrected chi connectivity index (χ0v) is 11.4. The first kappa shape index (κ1) is 13.3. The predicted octanol–water partition coefficient (Wildman–Crippen LogP) is 3.76. The number of fused-ring (bicyclic) bond motifs is 1. The van der Waals surface area contributed by atoms with E-state index in [1.54, 1.807) is 0 Å². The van der Waals surface area contributed by atoms with E-state index in [2.05, 4.69) is 13.0 Å². The lowest BCUT2D eigenvalue weighted by atomic mass is 9.87. The molecule has 1 atom stereocenters. The molecule has 0 aromatic heterocycles. The van der Waals surface area contributed by atoms with Crippen LogP contribution in [0.3, 0.4) is 0 Å². The van der Waals surface area contributed by atoms with Gasteiger partial charge in [-0.15, -0.1) is 0 Å². The summed E-state index contributed by atoms with van der Waals surface area (Å²) in [5.41, 5.74) is 3.40. The molecule has 2 nitrogen and oxygen atoms in total. The third-order valence-corrected chi connectivity index (χ3v) is 4.13. The number of unbranched alkanes of at least 4 members (excludes halogenated alkanes) is 1. The highest BCUT2D eigenvalue weighted by molar-refractivity contribution is 6.00. The van der Waals surface area contributed by atoms with Crippen molar-refractivity contribution < 1.29 is 9.59 Å². The van der Waals surface area contributed by atoms with Gasteiger partial charge in [0.05, 0.1) is 0 Å². The summed E-state index contributed by atoms with van der Waals surface area (Å²) in [6.07, 6.45) is 8.30. The minimum Gasteiger partial charge on any atom is -0.300 e. The van der Waals surface area contributed by atoms with Gasteiger partial charge in [-0.3, -0.25) is 9.59 Å². The number of rotatable bonds is 3. The second-order valence-corrected chi connectivity index (χ2v) is 5.55. The SMILES string of the molecule is CCCC/C1=C/C2=C(C)C(=O)CC2CC(=O)CC1. The van der Waals surface area contributed by atoms with Gasteiger partial charge in [-0.1, -0.05) is 25.0 Å². The van der Waals surface area contributed by atoms with E-state index in [4.69, 9.17) is 0 Å². The van der Waals surface area contributed by atoms with Crippen LogP contribution >= 0.6 is 0 Å². The second kappa shape index (κ2) is 5.64. The minimum atomic E-state index is 0.168. The number of carbonyl (C=O) groups is 2. The Kier molecular flexibility index (Phi) is 4.15. The standard InChI is InChI=1S/C16H22O2/c1-3-4-5-12-6-7-14(17)9-13-10-16(18)11(2)15(13)8-12/h8,13H,3-7,9-10H2,1-2H3/b12-8-. The topological polar surface area (TPSA) is 34.1 Å². The molecule has 0 aromatic rings. The average Bonchev–Trinajstić information content (AvgIpc) is 2.57. The molecule has 0 heterocycles. The van der Waals surface area contributed by atoms with Crippen LogP contribution in [0.4, 0.5) is 0 Å². The zero-order chi connectivity index (χ0) is 13.1. The summed E-state index contributed by atoms with van der Waals surface area (Å²) in [6.45, 7) is 4.10. The fourth-order valence-corrected chi connectivity index (χ4v) is 2.93. The monoisotopic (exact) mass is 246 g/mol. The Bertz CT molecular complexity index is 426. The molecule has 0 spiro atoms. The maximum atomic E-state index is 11.9. The largest absolute Gasteiger partial charge is 0.300 e. The first-order chi connectivity index (χ1) is 8.61. The molecule has 98 valence electrons. The number of ketones is 2. The molecule has 0 saturated carbocycles. The van der Waals surface area contributed by atoms with Crippen molar-refractivity contribution >= 4 is 11.6 Å². The van der Waals surface area contributed by atoms with Gasteiger partial charge in [-0.2, -0.15) is 0 Å². The molecular weight excluding hydrogens is 224 g/mol. The van der Waals surface area contributed by atoms with Crippen LogP contribution in [0, 0.1) is 5.92 Å². The van der Waals surface area contributed by atoms with Gasteiger partial charge in [-0.25, -0.2) is 0 Å². The summed E-state index contributed by atoms with van der Waals surface area (Å²) < 4.78 is 0. The quantitative estimate of drug-likeness (QED) is 0.759. The van der Waals surface area contributed by atoms with Crippen molar-refractivity contribution in [3.63, 3.8) is 0 Å². The Morgan fingerprint density at radius 2 is 2.00 bits per heavy atom. The number of carbonyl (C=O) groups excluding carboxylic acids is 2. The molecule has 18 heavy (non-hydrogen) atoms. The molecule has 0 aliphatic heterocycles. The second-order valence-electron chi connectivity index (χ2n) is 5.55. The highest BCUT2D eigenvalue weighted by atomic mass is 16.1. The van der Waals surface area contributed by atoms with Crippen LogP contribution in [0.2, 0.25) is 0 Å². The Labute approximate surface area is 109 Å². The van der Waals surface area contributed by atoms with Crippen molar-refractivity contribution in [3.8, 4) is 0 Å². The maximum Gasteiger partial charge on any atom is 0.159 e. The third-order valence-electron chi connectivity index (χ3n) is 4.13. The van der Waals surface area contributed by atoms with Crippen LogP contribution in [0.25, 0.3) is 0 Å². The van der Waals surface area contributed by atoms with Gasteiger partial charge in [0.2, 0.25) is 0 Å². The van der Waals surface area contributed by atoms with Crippen molar-refractivity contribution in [1.82, 2.24) is 0 Å². The van der Waals surface area contributed by atoms with Crippen LogP contribution in [-0.4, -0.2) is 11.6 Å². The van der Waals surface area contributed by atoms with Gasteiger partial charge < -0.3 is 0 Å². The smallest absolute Gasteiger partial charge is 0.159 e. The molecule has 2 heteroatoms. The summed E-state index contributed by atoms with van der Waals surface area (Å²) in [6, 6.07) is 0. The van der Waals surface area contributed by atoms with Crippen LogP contribution in [-0.2, 0) is 9.59 Å². The molecule has 0 radical (unpaired) electrons. The molecule has 2 aliphatic rings. The number of hydrogen-bond acceptors (Lipinski definition) is 2. The summed E-state index contributed by atoms with van der Waals surface area (Å²) in [4.78, 5) is 23.6. The molecule has 1 unspecified atom stereocenters. The normalized spacial score (nSPS) is 27.7. The Morgan fingerprint density at radius 3 is 2.72 bits per heavy atom. The molecule has 0 saturated heterocycles. The van der Waals surface area contributed by atoms with Gasteiger partial charge >= 0.3 is 0 Å². The first-order valence-corrected chi connectivity index (χ1v) is 7.07. The van der Waals surface area contributed by atoms with Crippen molar-refractivity contribution in [3.05, 3.63) is 22.8 Å². The summed E-state index contributed by atoms with van der Waals surface area (Å²) >= 11 is 0. The molecule has 0 bridgehead atoms. The van der Waals surface area contributed by atoms with Gasteiger partial charge in [0.1, 0.15) is 5.78 Å². The van der Waals surface area contributed by atoms with E-state index in [-0.39, 0.29) is 11.7 Å². The average molecular weight is 246 g/mol. The lowest BCUT2D eigenvalue weighted by Gasteiger charge is -2.17. The van der Waals surface area contributed by atoms with Gasteiger partial charge in [0.15, 0.2) is 5.78 Å². The van der Waals surface area contributed by atoms with Gasteiger partial charge in [0.25, 0.3) is 0 Å². The molecular formula is C16H22O2. The highest BCUT2D eigenvalue weighted by Crippen LogP contribution is 2.36. The molecule has 2 aliphatic carbocycles. The molecule has 0 N–H and O–H groups in total. The van der Waals surface area contributed by atoms with E-state index in [1.807, 2.05) is 6.92 Å². The van der Waals surface area contributed by atoms with Gasteiger partial charge in [-0.05, 0) is 43.3 Å².